The molecule has 0 atom stereocenters. The molecule has 0 radical (unpaired) electrons. The molecule has 2 amide bonds. The lowest BCUT2D eigenvalue weighted by Crippen LogP contribution is -2.28. The van der Waals surface area contributed by atoms with Crippen molar-refractivity contribution in [1.82, 2.24) is 19.9 Å². The number of aromatic nitrogens is 2. The van der Waals surface area contributed by atoms with Crippen LogP contribution in [-0.2, 0) is 17.8 Å². The number of hydroxylamine groups is 2. The standard InChI is InChI=1S/C24H22N4O3/c1-25-24(30)19-9-12-22-21(14-19)26-16-27(22)20-10-7-17(8-11-20)13-23(29)28(31)15-18-5-3-2-4-6-18/h2-12,14,16,31H,13,15H2,1H3,(H,25,30). The van der Waals surface area contributed by atoms with E-state index in [1.807, 2.05) is 65.2 Å². The van der Waals surface area contributed by atoms with Crippen molar-refractivity contribution in [3.05, 3.63) is 95.8 Å². The average Bonchev–Trinajstić information content (AvgIpc) is 3.23. The van der Waals surface area contributed by atoms with Crippen LogP contribution in [0.3, 0.4) is 0 Å². The number of imidazole rings is 1. The summed E-state index contributed by atoms with van der Waals surface area (Å²) in [4.78, 5) is 28.6. The van der Waals surface area contributed by atoms with Crippen molar-refractivity contribution in [2.45, 2.75) is 13.0 Å². The Hall–Kier alpha value is -3.97. The number of carbonyl (C=O) groups excluding carboxylic acids is 2. The summed E-state index contributed by atoms with van der Waals surface area (Å²) in [5.41, 5.74) is 4.69. The fourth-order valence-corrected chi connectivity index (χ4v) is 3.39. The summed E-state index contributed by atoms with van der Waals surface area (Å²) >= 11 is 0. The van der Waals surface area contributed by atoms with Gasteiger partial charge in [-0.3, -0.25) is 19.4 Å². The van der Waals surface area contributed by atoms with E-state index in [2.05, 4.69) is 10.3 Å². The second-order valence-corrected chi connectivity index (χ2v) is 7.18. The Morgan fingerprint density at radius 3 is 2.45 bits per heavy atom. The van der Waals surface area contributed by atoms with Crippen molar-refractivity contribution >= 4 is 22.8 Å². The van der Waals surface area contributed by atoms with Crippen LogP contribution >= 0.6 is 0 Å². The van der Waals surface area contributed by atoms with Gasteiger partial charge in [-0.2, -0.15) is 0 Å². The van der Waals surface area contributed by atoms with Gasteiger partial charge in [-0.05, 0) is 41.5 Å². The summed E-state index contributed by atoms with van der Waals surface area (Å²) in [5.74, 6) is -0.526. The predicted octanol–water partition coefficient (Wildman–Crippen LogP) is 3.35. The second-order valence-electron chi connectivity index (χ2n) is 7.18. The van der Waals surface area contributed by atoms with Gasteiger partial charge in [0.1, 0.15) is 6.33 Å². The van der Waals surface area contributed by atoms with Crippen molar-refractivity contribution in [1.29, 1.82) is 0 Å². The summed E-state index contributed by atoms with van der Waals surface area (Å²) in [5, 5.41) is 13.4. The molecule has 3 aromatic carbocycles. The molecule has 1 aromatic heterocycles. The van der Waals surface area contributed by atoms with Crippen LogP contribution in [0.1, 0.15) is 21.5 Å². The smallest absolute Gasteiger partial charge is 0.251 e. The van der Waals surface area contributed by atoms with Crippen LogP contribution in [0.2, 0.25) is 0 Å². The summed E-state index contributed by atoms with van der Waals surface area (Å²) in [7, 11) is 1.59. The van der Waals surface area contributed by atoms with Crippen molar-refractivity contribution in [2.24, 2.45) is 0 Å². The zero-order valence-corrected chi connectivity index (χ0v) is 17.0. The molecule has 2 N–H and O–H groups in total. The van der Waals surface area contributed by atoms with Gasteiger partial charge in [0.05, 0.1) is 24.0 Å². The minimum Gasteiger partial charge on any atom is -0.355 e. The van der Waals surface area contributed by atoms with E-state index in [4.69, 9.17) is 0 Å². The number of fused-ring (bicyclic) bond motifs is 1. The SMILES string of the molecule is CNC(=O)c1ccc2c(c1)ncn2-c1ccc(CC(=O)N(O)Cc2ccccc2)cc1. The molecule has 0 aliphatic heterocycles. The van der Waals surface area contributed by atoms with E-state index in [1.165, 1.54) is 0 Å². The maximum absolute atomic E-state index is 12.3. The molecule has 0 saturated carbocycles. The van der Waals surface area contributed by atoms with Crippen LogP contribution in [0, 0.1) is 0 Å². The summed E-state index contributed by atoms with van der Waals surface area (Å²) in [6, 6.07) is 22.2. The number of carbonyl (C=O) groups is 2. The van der Waals surface area contributed by atoms with Crippen molar-refractivity contribution in [3.8, 4) is 5.69 Å². The largest absolute Gasteiger partial charge is 0.355 e. The van der Waals surface area contributed by atoms with Crippen molar-refractivity contribution in [2.75, 3.05) is 7.05 Å². The van der Waals surface area contributed by atoms with E-state index in [-0.39, 0.29) is 24.8 Å². The number of rotatable bonds is 6. The number of benzene rings is 3. The first-order valence-electron chi connectivity index (χ1n) is 9.87. The van der Waals surface area contributed by atoms with Crippen LogP contribution < -0.4 is 5.32 Å². The van der Waals surface area contributed by atoms with E-state index in [9.17, 15) is 14.8 Å². The lowest BCUT2D eigenvalue weighted by molar-refractivity contribution is -0.167. The Labute approximate surface area is 179 Å². The first kappa shape index (κ1) is 20.3. The first-order chi connectivity index (χ1) is 15.0. The number of nitrogens with one attached hydrogen (secondary N) is 1. The molecule has 7 nitrogen and oxygen atoms in total. The van der Waals surface area contributed by atoms with Gasteiger partial charge >= 0.3 is 0 Å². The quantitative estimate of drug-likeness (QED) is 0.374. The van der Waals surface area contributed by atoms with Crippen LogP contribution in [0.5, 0.6) is 0 Å². The molecule has 1 heterocycles. The van der Waals surface area contributed by atoms with Crippen LogP contribution in [-0.4, -0.2) is 38.7 Å². The highest BCUT2D eigenvalue weighted by atomic mass is 16.5. The lowest BCUT2D eigenvalue weighted by Gasteiger charge is -2.15. The van der Waals surface area contributed by atoms with Gasteiger partial charge in [-0.1, -0.05) is 42.5 Å². The molecular formula is C24H22N4O3. The minimum atomic E-state index is -0.369. The minimum absolute atomic E-state index is 0.101. The number of hydrogen-bond donors (Lipinski definition) is 2. The molecule has 0 unspecified atom stereocenters. The van der Waals surface area contributed by atoms with Gasteiger partial charge in [0, 0.05) is 18.3 Å². The second kappa shape index (κ2) is 8.81. The van der Waals surface area contributed by atoms with Gasteiger partial charge in [-0.25, -0.2) is 10.0 Å². The molecule has 7 heteroatoms. The van der Waals surface area contributed by atoms with Gasteiger partial charge in [-0.15, -0.1) is 0 Å². The highest BCUT2D eigenvalue weighted by molar-refractivity contribution is 5.97. The molecule has 0 aliphatic rings. The van der Waals surface area contributed by atoms with Gasteiger partial charge in [0.15, 0.2) is 0 Å². The zero-order chi connectivity index (χ0) is 21.8. The molecule has 4 rings (SSSR count). The van der Waals surface area contributed by atoms with E-state index in [0.717, 1.165) is 32.9 Å². The van der Waals surface area contributed by atoms with Crippen LogP contribution in [0.25, 0.3) is 16.7 Å². The first-order valence-corrected chi connectivity index (χ1v) is 9.87. The molecule has 156 valence electrons. The van der Waals surface area contributed by atoms with Crippen LogP contribution in [0.4, 0.5) is 0 Å². The predicted molar refractivity (Wildman–Crippen MR) is 117 cm³/mol. The van der Waals surface area contributed by atoms with E-state index in [0.29, 0.717) is 5.56 Å². The Bertz CT molecular complexity index is 1220. The van der Waals surface area contributed by atoms with Crippen molar-refractivity contribution in [3.63, 3.8) is 0 Å². The molecular weight excluding hydrogens is 392 g/mol. The fraction of sp³-hybridized carbons (Fsp3) is 0.125. The monoisotopic (exact) mass is 414 g/mol. The number of hydrogen-bond acceptors (Lipinski definition) is 4. The Kier molecular flexibility index (Phi) is 5.77. The molecule has 0 fully saturated rings. The maximum Gasteiger partial charge on any atom is 0.251 e. The van der Waals surface area contributed by atoms with Gasteiger partial charge in [0.2, 0.25) is 0 Å². The highest BCUT2D eigenvalue weighted by Gasteiger charge is 2.13. The third kappa shape index (κ3) is 4.46. The molecule has 0 aliphatic carbocycles. The van der Waals surface area contributed by atoms with E-state index in [1.54, 1.807) is 25.5 Å². The Morgan fingerprint density at radius 1 is 1.00 bits per heavy atom. The third-order valence-corrected chi connectivity index (χ3v) is 5.07. The van der Waals surface area contributed by atoms with E-state index >= 15 is 0 Å². The van der Waals surface area contributed by atoms with E-state index < -0.39 is 0 Å². The normalized spacial score (nSPS) is 10.8. The lowest BCUT2D eigenvalue weighted by atomic mass is 10.1. The van der Waals surface area contributed by atoms with Crippen LogP contribution in [0.15, 0.2) is 79.1 Å². The molecule has 0 spiro atoms. The van der Waals surface area contributed by atoms with Gasteiger partial charge < -0.3 is 5.32 Å². The fourth-order valence-electron chi connectivity index (χ4n) is 3.39. The Balaban J connectivity index is 1.47. The summed E-state index contributed by atoms with van der Waals surface area (Å²) in [6.07, 6.45) is 1.80. The molecule has 0 bridgehead atoms. The molecule has 0 saturated heterocycles. The highest BCUT2D eigenvalue weighted by Crippen LogP contribution is 2.20. The topological polar surface area (TPSA) is 87.5 Å². The maximum atomic E-state index is 12.3. The molecule has 31 heavy (non-hydrogen) atoms. The van der Waals surface area contributed by atoms with Gasteiger partial charge in [0.25, 0.3) is 11.8 Å². The van der Waals surface area contributed by atoms with Crippen molar-refractivity contribution < 1.29 is 14.8 Å². The molecule has 4 aromatic rings. The number of amides is 2. The summed E-state index contributed by atoms with van der Waals surface area (Å²) in [6.45, 7) is 0.150. The summed E-state index contributed by atoms with van der Waals surface area (Å²) < 4.78 is 1.92. The third-order valence-electron chi connectivity index (χ3n) is 5.07. The number of nitrogens with zero attached hydrogens (tertiary/aromatic N) is 3. The Morgan fingerprint density at radius 2 is 1.74 bits per heavy atom. The zero-order valence-electron chi connectivity index (χ0n) is 17.0. The average molecular weight is 414 g/mol.